The van der Waals surface area contributed by atoms with E-state index in [1.807, 2.05) is 0 Å². The average Bonchev–Trinajstić information content (AvgIpc) is 2.03. The van der Waals surface area contributed by atoms with Crippen LogP contribution in [0.3, 0.4) is 0 Å². The predicted molar refractivity (Wildman–Crippen MR) is 65.2 cm³/mol. The fourth-order valence-electron chi connectivity index (χ4n) is 3.79. The van der Waals surface area contributed by atoms with Crippen molar-refractivity contribution < 1.29 is 4.48 Å². The van der Waals surface area contributed by atoms with Crippen molar-refractivity contribution in [3.8, 4) is 0 Å². The van der Waals surface area contributed by atoms with E-state index in [9.17, 15) is 0 Å². The molecular weight excluding hydrogens is 273 g/mol. The van der Waals surface area contributed by atoms with Crippen LogP contribution >= 0.6 is 22.6 Å². The first-order valence-electron chi connectivity index (χ1n) is 5.60. The predicted octanol–water partition coefficient (Wildman–Crippen LogP) is 2.97. The standard InChI is InChI=1S/C11H21IN/c1-4-13(5-2,6-3)11-7-10(12,8-11)9-11/h4-9H2,1-3H3/q+1. The van der Waals surface area contributed by atoms with Crippen molar-refractivity contribution in [1.82, 2.24) is 0 Å². The zero-order chi connectivity index (χ0) is 9.74. The Kier molecular flexibility index (Phi) is 2.24. The van der Waals surface area contributed by atoms with Crippen LogP contribution in [0.4, 0.5) is 0 Å². The maximum atomic E-state index is 2.68. The first-order chi connectivity index (χ1) is 6.05. The largest absolute Gasteiger partial charge is 0.319 e. The lowest BCUT2D eigenvalue weighted by molar-refractivity contribution is -0.990. The lowest BCUT2D eigenvalue weighted by Crippen LogP contribution is -2.82. The van der Waals surface area contributed by atoms with Gasteiger partial charge in [-0.3, -0.25) is 0 Å². The fourth-order valence-corrected chi connectivity index (χ4v) is 5.92. The number of rotatable bonds is 4. The van der Waals surface area contributed by atoms with Crippen molar-refractivity contribution in [3.63, 3.8) is 0 Å². The summed E-state index contributed by atoms with van der Waals surface area (Å²) in [6.45, 7) is 11.1. The third kappa shape index (κ3) is 1.08. The van der Waals surface area contributed by atoms with E-state index in [0.29, 0.717) is 0 Å². The third-order valence-electron chi connectivity index (χ3n) is 4.76. The summed E-state index contributed by atoms with van der Waals surface area (Å²) in [6, 6.07) is 0. The van der Waals surface area contributed by atoms with Crippen LogP contribution in [0, 0.1) is 0 Å². The van der Waals surface area contributed by atoms with Crippen LogP contribution in [0.5, 0.6) is 0 Å². The van der Waals surface area contributed by atoms with E-state index in [1.165, 1.54) is 43.4 Å². The quantitative estimate of drug-likeness (QED) is 0.425. The average molecular weight is 294 g/mol. The lowest BCUT2D eigenvalue weighted by Gasteiger charge is -2.73. The zero-order valence-corrected chi connectivity index (χ0v) is 11.2. The van der Waals surface area contributed by atoms with Crippen molar-refractivity contribution in [2.24, 2.45) is 0 Å². The van der Waals surface area contributed by atoms with E-state index < -0.39 is 0 Å². The summed E-state index contributed by atoms with van der Waals surface area (Å²) in [5.74, 6) is 0. The Morgan fingerprint density at radius 2 is 1.38 bits per heavy atom. The summed E-state index contributed by atoms with van der Waals surface area (Å²) in [5.41, 5.74) is 0.722. The second-order valence-corrected chi connectivity index (χ2v) is 7.29. The van der Waals surface area contributed by atoms with E-state index in [0.717, 1.165) is 8.96 Å². The van der Waals surface area contributed by atoms with Crippen molar-refractivity contribution >= 4 is 22.6 Å². The summed E-state index contributed by atoms with van der Waals surface area (Å²) in [6.07, 6.45) is 4.49. The molecule has 0 aromatic heterocycles. The second-order valence-electron chi connectivity index (χ2n) is 5.00. The topological polar surface area (TPSA) is 0 Å². The van der Waals surface area contributed by atoms with Crippen LogP contribution in [-0.2, 0) is 0 Å². The van der Waals surface area contributed by atoms with Crippen molar-refractivity contribution in [3.05, 3.63) is 0 Å². The molecule has 13 heavy (non-hydrogen) atoms. The molecule has 0 aromatic rings. The fraction of sp³-hybridized carbons (Fsp3) is 1.00. The minimum atomic E-state index is 0.722. The van der Waals surface area contributed by atoms with Gasteiger partial charge in [-0.05, 0) is 20.8 Å². The molecule has 2 heteroatoms. The monoisotopic (exact) mass is 294 g/mol. The molecule has 2 bridgehead atoms. The van der Waals surface area contributed by atoms with Gasteiger partial charge >= 0.3 is 0 Å². The second kappa shape index (κ2) is 2.84. The first kappa shape index (κ1) is 10.2. The molecule has 1 nitrogen and oxygen atoms in total. The molecule has 0 aromatic carbocycles. The van der Waals surface area contributed by atoms with Crippen molar-refractivity contribution in [2.45, 2.75) is 49.0 Å². The number of alkyl halides is 1. The molecule has 0 spiro atoms. The highest BCUT2D eigenvalue weighted by atomic mass is 127. The summed E-state index contributed by atoms with van der Waals surface area (Å²) in [7, 11) is 0. The normalized spacial score (nSPS) is 42.5. The summed E-state index contributed by atoms with van der Waals surface area (Å²) in [4.78, 5) is 0. The molecule has 0 heterocycles. The van der Waals surface area contributed by atoms with Gasteiger partial charge in [0.05, 0.1) is 19.6 Å². The highest BCUT2D eigenvalue weighted by Gasteiger charge is 2.75. The smallest absolute Gasteiger partial charge is 0.103 e. The first-order valence-corrected chi connectivity index (χ1v) is 6.68. The van der Waals surface area contributed by atoms with Gasteiger partial charge in [0.15, 0.2) is 0 Å². The van der Waals surface area contributed by atoms with Crippen LogP contribution < -0.4 is 0 Å². The van der Waals surface area contributed by atoms with Gasteiger partial charge in [0.1, 0.15) is 5.54 Å². The number of nitrogens with zero attached hydrogens (tertiary/aromatic N) is 1. The van der Waals surface area contributed by atoms with Crippen LogP contribution in [0.2, 0.25) is 0 Å². The van der Waals surface area contributed by atoms with Gasteiger partial charge in [-0.1, -0.05) is 22.6 Å². The van der Waals surface area contributed by atoms with Crippen molar-refractivity contribution in [2.75, 3.05) is 19.6 Å². The van der Waals surface area contributed by atoms with Gasteiger partial charge in [-0.15, -0.1) is 0 Å². The molecule has 3 aliphatic carbocycles. The van der Waals surface area contributed by atoms with Gasteiger partial charge < -0.3 is 4.48 Å². The molecule has 3 fully saturated rings. The van der Waals surface area contributed by atoms with Crippen LogP contribution in [-0.4, -0.2) is 33.1 Å². The van der Waals surface area contributed by atoms with E-state index in [4.69, 9.17) is 0 Å². The highest BCUT2D eigenvalue weighted by molar-refractivity contribution is 14.1. The maximum Gasteiger partial charge on any atom is 0.103 e. The molecule has 0 radical (unpaired) electrons. The maximum absolute atomic E-state index is 2.68. The molecule has 76 valence electrons. The van der Waals surface area contributed by atoms with Crippen LogP contribution in [0.15, 0.2) is 0 Å². The van der Waals surface area contributed by atoms with Gasteiger partial charge in [-0.25, -0.2) is 0 Å². The van der Waals surface area contributed by atoms with Gasteiger partial charge in [0.25, 0.3) is 0 Å². The molecule has 3 aliphatic rings. The van der Waals surface area contributed by atoms with Gasteiger partial charge in [0.2, 0.25) is 0 Å². The minimum Gasteiger partial charge on any atom is -0.319 e. The Balaban J connectivity index is 2.14. The molecule has 0 N–H and O–H groups in total. The Morgan fingerprint density at radius 3 is 1.62 bits per heavy atom. The highest BCUT2D eigenvalue weighted by Crippen LogP contribution is 2.70. The molecule has 0 unspecified atom stereocenters. The van der Waals surface area contributed by atoms with E-state index >= 15 is 0 Å². The number of halogens is 1. The summed E-state index contributed by atoms with van der Waals surface area (Å²) >= 11 is 2.68. The third-order valence-corrected chi connectivity index (χ3v) is 5.90. The number of hydrogen-bond acceptors (Lipinski definition) is 0. The Labute approximate surface area is 95.6 Å². The Morgan fingerprint density at radius 1 is 1.00 bits per heavy atom. The number of quaternary nitrogens is 1. The molecule has 3 rings (SSSR count). The van der Waals surface area contributed by atoms with Crippen LogP contribution in [0.25, 0.3) is 0 Å². The lowest BCUT2D eigenvalue weighted by atomic mass is 9.47. The zero-order valence-electron chi connectivity index (χ0n) is 9.07. The molecule has 0 aliphatic heterocycles. The molecular formula is C11H21IN+. The van der Waals surface area contributed by atoms with Crippen molar-refractivity contribution in [1.29, 1.82) is 0 Å². The van der Waals surface area contributed by atoms with E-state index in [2.05, 4.69) is 43.4 Å². The van der Waals surface area contributed by atoms with E-state index in [1.54, 1.807) is 0 Å². The van der Waals surface area contributed by atoms with Gasteiger partial charge in [-0.2, -0.15) is 0 Å². The number of hydrogen-bond donors (Lipinski definition) is 0. The molecule has 0 amide bonds. The van der Waals surface area contributed by atoms with E-state index in [-0.39, 0.29) is 0 Å². The van der Waals surface area contributed by atoms with Gasteiger partial charge in [0, 0.05) is 22.7 Å². The van der Waals surface area contributed by atoms with Crippen LogP contribution in [0.1, 0.15) is 40.0 Å². The Hall–Kier alpha value is 0.690. The SMILES string of the molecule is CC[N+](CC)(CC)C12CC(I)(C1)C2. The molecule has 0 saturated heterocycles. The molecule has 3 saturated carbocycles. The summed E-state index contributed by atoms with van der Waals surface area (Å²) < 4.78 is 2.12. The molecule has 0 atom stereocenters. The summed E-state index contributed by atoms with van der Waals surface area (Å²) in [5, 5.41) is 0. The Bertz CT molecular complexity index is 192. The minimum absolute atomic E-state index is 0.722.